The molecule has 0 bridgehead atoms. The number of carbonyl (C=O) groups excluding carboxylic acids is 1. The van der Waals surface area contributed by atoms with Crippen molar-refractivity contribution in [2.24, 2.45) is 4.99 Å². The highest BCUT2D eigenvalue weighted by Gasteiger charge is 2.28. The molecular weight excluding hydrogens is 366 g/mol. The smallest absolute Gasteiger partial charge is 0.343 e. The summed E-state index contributed by atoms with van der Waals surface area (Å²) < 4.78 is 7.18. The highest BCUT2D eigenvalue weighted by atomic mass is 16.5. The van der Waals surface area contributed by atoms with Crippen LogP contribution in [-0.2, 0) is 9.53 Å². The molecule has 29 heavy (non-hydrogen) atoms. The van der Waals surface area contributed by atoms with Crippen LogP contribution in [0.4, 0.5) is 5.69 Å². The molecule has 0 aliphatic carbocycles. The molecule has 2 aromatic rings. The lowest BCUT2D eigenvalue weighted by atomic mass is 10.1. The normalized spacial score (nSPS) is 15.1. The Morgan fingerprint density at radius 1 is 1.21 bits per heavy atom. The number of esters is 1. The number of aromatic nitrogens is 1. The molecule has 2 heterocycles. The van der Waals surface area contributed by atoms with Crippen LogP contribution in [0.1, 0.15) is 30.8 Å². The maximum atomic E-state index is 12.1. The molecule has 1 aromatic heterocycles. The molecule has 3 rings (SSSR count). The van der Waals surface area contributed by atoms with Gasteiger partial charge in [0.05, 0.1) is 12.3 Å². The van der Waals surface area contributed by atoms with Crippen molar-refractivity contribution in [3.63, 3.8) is 0 Å². The van der Waals surface area contributed by atoms with Gasteiger partial charge >= 0.3 is 5.97 Å². The standard InChI is InChI=1S/C23H27N3O3/c1-7-29-23(28)21-15(3)24-20(22(21)27)13-17-12-14(2)26(16(17)4)19-10-8-18(9-11-19)25(5)6/h8-13,27H,7H2,1-6H3/b20-13+. The van der Waals surface area contributed by atoms with E-state index >= 15 is 0 Å². The lowest BCUT2D eigenvalue weighted by Gasteiger charge is -2.14. The molecule has 6 heteroatoms. The molecule has 0 radical (unpaired) electrons. The molecule has 0 unspecified atom stereocenters. The Bertz CT molecular complexity index is 1040. The van der Waals surface area contributed by atoms with Crippen molar-refractivity contribution in [3.8, 4) is 5.69 Å². The minimum Gasteiger partial charge on any atom is -0.505 e. The Kier molecular flexibility index (Phi) is 5.64. The van der Waals surface area contributed by atoms with Crippen LogP contribution in [0.25, 0.3) is 11.8 Å². The van der Waals surface area contributed by atoms with Crippen LogP contribution < -0.4 is 4.90 Å². The number of aliphatic hydroxyl groups excluding tert-OH is 1. The zero-order valence-corrected chi connectivity index (χ0v) is 17.8. The van der Waals surface area contributed by atoms with Gasteiger partial charge < -0.3 is 19.3 Å². The van der Waals surface area contributed by atoms with Crippen molar-refractivity contribution < 1.29 is 14.6 Å². The van der Waals surface area contributed by atoms with Gasteiger partial charge in [0.25, 0.3) is 0 Å². The van der Waals surface area contributed by atoms with Crippen molar-refractivity contribution >= 4 is 23.4 Å². The van der Waals surface area contributed by atoms with Crippen molar-refractivity contribution in [2.75, 3.05) is 25.6 Å². The van der Waals surface area contributed by atoms with Crippen LogP contribution in [0.5, 0.6) is 0 Å². The number of hydrogen-bond donors (Lipinski definition) is 1. The van der Waals surface area contributed by atoms with Gasteiger partial charge in [0.2, 0.25) is 0 Å². The highest BCUT2D eigenvalue weighted by molar-refractivity contribution is 6.22. The Hall–Kier alpha value is -3.28. The molecule has 0 atom stereocenters. The molecule has 0 amide bonds. The summed E-state index contributed by atoms with van der Waals surface area (Å²) in [7, 11) is 4.03. The van der Waals surface area contributed by atoms with Crippen LogP contribution >= 0.6 is 0 Å². The SMILES string of the molecule is CCOC(=O)C1=C(O)/C(=C\c2cc(C)n(-c3ccc(N(C)C)cc3)c2C)N=C1C. The third kappa shape index (κ3) is 3.83. The number of ether oxygens (including phenoxy) is 1. The quantitative estimate of drug-likeness (QED) is 0.767. The van der Waals surface area contributed by atoms with E-state index in [1.807, 2.05) is 34.0 Å². The minimum absolute atomic E-state index is 0.131. The lowest BCUT2D eigenvalue weighted by Crippen LogP contribution is -2.13. The first-order chi connectivity index (χ1) is 13.7. The Labute approximate surface area is 171 Å². The summed E-state index contributed by atoms with van der Waals surface area (Å²) in [5.74, 6) is -0.692. The minimum atomic E-state index is -0.555. The van der Waals surface area contributed by atoms with Gasteiger partial charge in [-0.2, -0.15) is 0 Å². The second-order valence-electron chi connectivity index (χ2n) is 7.24. The molecular formula is C23H27N3O3. The molecule has 0 fully saturated rings. The van der Waals surface area contributed by atoms with Gasteiger partial charge in [0, 0.05) is 36.9 Å². The number of aryl methyl sites for hydroxylation is 1. The fraction of sp³-hybridized carbons (Fsp3) is 0.304. The van der Waals surface area contributed by atoms with E-state index in [2.05, 4.69) is 38.7 Å². The first-order valence-electron chi connectivity index (χ1n) is 9.59. The third-order valence-corrected chi connectivity index (χ3v) is 5.00. The van der Waals surface area contributed by atoms with Gasteiger partial charge in [0.15, 0.2) is 5.76 Å². The van der Waals surface area contributed by atoms with Crippen LogP contribution in [0.3, 0.4) is 0 Å². The molecule has 1 aliphatic rings. The highest BCUT2D eigenvalue weighted by Crippen LogP contribution is 2.29. The van der Waals surface area contributed by atoms with Crippen LogP contribution in [0, 0.1) is 13.8 Å². The van der Waals surface area contributed by atoms with Crippen molar-refractivity contribution in [2.45, 2.75) is 27.7 Å². The third-order valence-electron chi connectivity index (χ3n) is 5.00. The molecule has 6 nitrogen and oxygen atoms in total. The molecule has 152 valence electrons. The first kappa shape index (κ1) is 20.5. The maximum absolute atomic E-state index is 12.1. The number of aliphatic imine (C=N–C) groups is 1. The zero-order chi connectivity index (χ0) is 21.3. The van der Waals surface area contributed by atoms with E-state index in [9.17, 15) is 9.90 Å². The summed E-state index contributed by atoms with van der Waals surface area (Å²) in [6.45, 7) is 7.73. The summed E-state index contributed by atoms with van der Waals surface area (Å²) in [5.41, 5.74) is 6.18. The van der Waals surface area contributed by atoms with E-state index in [0.717, 1.165) is 28.3 Å². The summed E-state index contributed by atoms with van der Waals surface area (Å²) in [4.78, 5) is 18.5. The van der Waals surface area contributed by atoms with E-state index in [0.29, 0.717) is 11.4 Å². The molecule has 1 aliphatic heterocycles. The second kappa shape index (κ2) is 7.99. The molecule has 1 aromatic carbocycles. The van der Waals surface area contributed by atoms with Gasteiger partial charge in [-0.3, -0.25) is 0 Å². The largest absolute Gasteiger partial charge is 0.505 e. The van der Waals surface area contributed by atoms with Gasteiger partial charge in [-0.25, -0.2) is 9.79 Å². The lowest BCUT2D eigenvalue weighted by molar-refractivity contribution is -0.138. The van der Waals surface area contributed by atoms with Gasteiger partial charge in [-0.05, 0) is 69.7 Å². The number of rotatable bonds is 5. The first-order valence-corrected chi connectivity index (χ1v) is 9.59. The monoisotopic (exact) mass is 393 g/mol. The van der Waals surface area contributed by atoms with Crippen LogP contribution in [-0.4, -0.2) is 42.1 Å². The fourth-order valence-electron chi connectivity index (χ4n) is 3.52. The Balaban J connectivity index is 2.00. The van der Waals surface area contributed by atoms with Crippen molar-refractivity contribution in [3.05, 3.63) is 64.3 Å². The van der Waals surface area contributed by atoms with E-state index in [1.165, 1.54) is 0 Å². The topological polar surface area (TPSA) is 67.1 Å². The van der Waals surface area contributed by atoms with Gasteiger partial charge in [0.1, 0.15) is 11.3 Å². The van der Waals surface area contributed by atoms with Crippen molar-refractivity contribution in [1.82, 2.24) is 4.57 Å². The van der Waals surface area contributed by atoms with Crippen LogP contribution in [0.2, 0.25) is 0 Å². The molecule has 0 spiro atoms. The average molecular weight is 393 g/mol. The maximum Gasteiger partial charge on any atom is 0.343 e. The summed E-state index contributed by atoms with van der Waals surface area (Å²) in [5, 5.41) is 10.5. The summed E-state index contributed by atoms with van der Waals surface area (Å²) in [6.07, 6.45) is 1.80. The Morgan fingerprint density at radius 2 is 1.86 bits per heavy atom. The van der Waals surface area contributed by atoms with E-state index in [1.54, 1.807) is 19.9 Å². The molecule has 0 saturated carbocycles. The number of aliphatic hydroxyl groups is 1. The van der Waals surface area contributed by atoms with E-state index in [4.69, 9.17) is 4.74 Å². The number of anilines is 1. The van der Waals surface area contributed by atoms with Crippen LogP contribution in [0.15, 0.2) is 52.4 Å². The molecule has 1 N–H and O–H groups in total. The van der Waals surface area contributed by atoms with Crippen molar-refractivity contribution in [1.29, 1.82) is 0 Å². The number of benzene rings is 1. The number of nitrogens with zero attached hydrogens (tertiary/aromatic N) is 3. The predicted octanol–water partition coefficient (Wildman–Crippen LogP) is 4.35. The molecule has 0 saturated heterocycles. The summed E-state index contributed by atoms with van der Waals surface area (Å²) in [6, 6.07) is 10.4. The predicted molar refractivity (Wildman–Crippen MR) is 117 cm³/mol. The zero-order valence-electron chi connectivity index (χ0n) is 17.8. The second-order valence-corrected chi connectivity index (χ2v) is 7.24. The van der Waals surface area contributed by atoms with Gasteiger partial charge in [-0.1, -0.05) is 0 Å². The van der Waals surface area contributed by atoms with E-state index in [-0.39, 0.29) is 17.9 Å². The summed E-state index contributed by atoms with van der Waals surface area (Å²) >= 11 is 0. The average Bonchev–Trinajstić information content (AvgIpc) is 3.10. The fourth-order valence-corrected chi connectivity index (χ4v) is 3.52. The van der Waals surface area contributed by atoms with Gasteiger partial charge in [-0.15, -0.1) is 0 Å². The van der Waals surface area contributed by atoms with E-state index < -0.39 is 5.97 Å². The number of carbonyl (C=O) groups is 1. The number of hydrogen-bond acceptors (Lipinski definition) is 5. The Morgan fingerprint density at radius 3 is 2.45 bits per heavy atom.